The molecule has 142 valence electrons. The van der Waals surface area contributed by atoms with Gasteiger partial charge in [0.15, 0.2) is 6.61 Å². The van der Waals surface area contributed by atoms with Crippen LogP contribution in [0, 0.1) is 5.92 Å². The van der Waals surface area contributed by atoms with Gasteiger partial charge in [0.1, 0.15) is 6.04 Å². The van der Waals surface area contributed by atoms with Crippen LogP contribution in [0.3, 0.4) is 0 Å². The van der Waals surface area contributed by atoms with E-state index < -0.39 is 36.5 Å². The molecule has 0 heterocycles. The van der Waals surface area contributed by atoms with E-state index >= 15 is 0 Å². The van der Waals surface area contributed by atoms with Crippen molar-refractivity contribution in [2.45, 2.75) is 26.3 Å². The van der Waals surface area contributed by atoms with Crippen LogP contribution in [0.4, 0.5) is 4.79 Å². The molecule has 4 N–H and O–H groups in total. The van der Waals surface area contributed by atoms with Crippen LogP contribution in [0.15, 0.2) is 18.2 Å². The molecule has 0 bridgehead atoms. The second-order valence-electron chi connectivity index (χ2n) is 5.80. The first-order chi connectivity index (χ1) is 12.1. The molecule has 0 aromatic heterocycles. The highest BCUT2D eigenvalue weighted by Crippen LogP contribution is 2.21. The molecule has 26 heavy (non-hydrogen) atoms. The minimum Gasteiger partial charge on any atom is -0.454 e. The minimum absolute atomic E-state index is 0.0491. The predicted octanol–water partition coefficient (Wildman–Crippen LogP) is 1.88. The van der Waals surface area contributed by atoms with E-state index in [0.29, 0.717) is 5.02 Å². The first-order valence-electron chi connectivity index (χ1n) is 7.62. The second-order valence-corrected chi connectivity index (χ2v) is 6.64. The molecule has 4 amide bonds. The summed E-state index contributed by atoms with van der Waals surface area (Å²) >= 11 is 11.8. The van der Waals surface area contributed by atoms with E-state index in [4.69, 9.17) is 33.7 Å². The Morgan fingerprint density at radius 1 is 1.19 bits per heavy atom. The summed E-state index contributed by atoms with van der Waals surface area (Å²) in [4.78, 5) is 46.4. The molecular formula is C16H19Cl2N3O5. The SMILES string of the molecule is CC(C)C[C@H](NC(=O)c1ccc(Cl)cc1Cl)C(=O)OCC(=O)NC(N)=O. The average Bonchev–Trinajstić information content (AvgIpc) is 2.50. The Kier molecular flexibility index (Phi) is 8.34. The van der Waals surface area contributed by atoms with Crippen molar-refractivity contribution in [1.82, 2.24) is 10.6 Å². The second kappa shape index (κ2) is 9.98. The Labute approximate surface area is 160 Å². The lowest BCUT2D eigenvalue weighted by molar-refractivity contribution is -0.150. The molecule has 1 aromatic carbocycles. The average molecular weight is 404 g/mol. The Balaban J connectivity index is 2.79. The van der Waals surface area contributed by atoms with Gasteiger partial charge in [-0.25, -0.2) is 9.59 Å². The summed E-state index contributed by atoms with van der Waals surface area (Å²) in [5.74, 6) is -2.23. The Morgan fingerprint density at radius 3 is 2.38 bits per heavy atom. The van der Waals surface area contributed by atoms with Crippen LogP contribution in [-0.2, 0) is 14.3 Å². The van der Waals surface area contributed by atoms with Crippen molar-refractivity contribution in [2.75, 3.05) is 6.61 Å². The monoisotopic (exact) mass is 403 g/mol. The van der Waals surface area contributed by atoms with Crippen molar-refractivity contribution in [1.29, 1.82) is 0 Å². The highest BCUT2D eigenvalue weighted by molar-refractivity contribution is 6.36. The van der Waals surface area contributed by atoms with Crippen molar-refractivity contribution in [3.8, 4) is 0 Å². The number of rotatable bonds is 7. The van der Waals surface area contributed by atoms with Gasteiger partial charge in [-0.15, -0.1) is 0 Å². The molecule has 1 rings (SSSR count). The number of hydrogen-bond acceptors (Lipinski definition) is 5. The number of nitrogens with one attached hydrogen (secondary N) is 2. The molecule has 0 saturated carbocycles. The molecule has 0 spiro atoms. The lowest BCUT2D eigenvalue weighted by atomic mass is 10.0. The molecule has 1 aromatic rings. The number of imide groups is 1. The van der Waals surface area contributed by atoms with Gasteiger partial charge in [-0.3, -0.25) is 14.9 Å². The summed E-state index contributed by atoms with van der Waals surface area (Å²) in [7, 11) is 0. The first kappa shape index (κ1) is 21.7. The number of nitrogens with two attached hydrogens (primary N) is 1. The maximum Gasteiger partial charge on any atom is 0.329 e. The van der Waals surface area contributed by atoms with Gasteiger partial charge < -0.3 is 15.8 Å². The molecule has 10 heteroatoms. The fourth-order valence-corrected chi connectivity index (χ4v) is 2.50. The lowest BCUT2D eigenvalue weighted by Gasteiger charge is -2.19. The number of urea groups is 1. The van der Waals surface area contributed by atoms with E-state index in [0.717, 1.165) is 0 Å². The van der Waals surface area contributed by atoms with E-state index in [-0.39, 0.29) is 22.9 Å². The van der Waals surface area contributed by atoms with Crippen molar-refractivity contribution in [3.05, 3.63) is 33.8 Å². The number of halogens is 2. The molecule has 0 aliphatic carbocycles. The van der Waals surface area contributed by atoms with Crippen molar-refractivity contribution in [3.63, 3.8) is 0 Å². The van der Waals surface area contributed by atoms with E-state index in [1.54, 1.807) is 5.32 Å². The highest BCUT2D eigenvalue weighted by Gasteiger charge is 2.25. The number of carbonyl (C=O) groups is 4. The zero-order valence-electron chi connectivity index (χ0n) is 14.2. The number of hydrogen-bond donors (Lipinski definition) is 3. The van der Waals surface area contributed by atoms with E-state index in [2.05, 4.69) is 5.32 Å². The number of ether oxygens (including phenoxy) is 1. The zero-order chi connectivity index (χ0) is 19.9. The standard InChI is InChI=1S/C16H19Cl2N3O5/c1-8(2)5-12(15(24)26-7-13(22)21-16(19)25)20-14(23)10-4-3-9(17)6-11(10)18/h3-4,6,8,12H,5,7H2,1-2H3,(H,20,23)(H3,19,21,22,25)/t12-/m0/s1. The van der Waals surface area contributed by atoms with Crippen molar-refractivity contribution in [2.24, 2.45) is 11.7 Å². The molecule has 0 saturated heterocycles. The number of carbonyl (C=O) groups excluding carboxylic acids is 4. The quantitative estimate of drug-likeness (QED) is 0.598. The normalized spacial score (nSPS) is 11.6. The summed E-state index contributed by atoms with van der Waals surface area (Å²) in [6, 6.07) is 2.26. The fourth-order valence-electron chi connectivity index (χ4n) is 2.01. The fraction of sp³-hybridized carbons (Fsp3) is 0.375. The van der Waals surface area contributed by atoms with E-state index in [1.165, 1.54) is 18.2 Å². The lowest BCUT2D eigenvalue weighted by Crippen LogP contribution is -2.44. The molecule has 0 fully saturated rings. The molecule has 0 aliphatic rings. The smallest absolute Gasteiger partial charge is 0.329 e. The Morgan fingerprint density at radius 2 is 1.85 bits per heavy atom. The molecule has 0 unspecified atom stereocenters. The van der Waals surface area contributed by atoms with Crippen LogP contribution in [0.2, 0.25) is 10.0 Å². The van der Waals surface area contributed by atoms with Gasteiger partial charge in [-0.2, -0.15) is 0 Å². The van der Waals surface area contributed by atoms with Crippen LogP contribution < -0.4 is 16.4 Å². The Hall–Kier alpha value is -2.32. The van der Waals surface area contributed by atoms with Crippen LogP contribution in [-0.4, -0.2) is 36.5 Å². The van der Waals surface area contributed by atoms with Gasteiger partial charge in [-0.05, 0) is 30.5 Å². The predicted molar refractivity (Wildman–Crippen MR) is 95.9 cm³/mol. The van der Waals surface area contributed by atoms with Gasteiger partial charge in [-0.1, -0.05) is 37.0 Å². The van der Waals surface area contributed by atoms with Crippen LogP contribution >= 0.6 is 23.2 Å². The first-order valence-corrected chi connectivity index (χ1v) is 8.37. The molecule has 0 radical (unpaired) electrons. The minimum atomic E-state index is -1.06. The van der Waals surface area contributed by atoms with Gasteiger partial charge in [0.2, 0.25) is 0 Å². The summed E-state index contributed by atoms with van der Waals surface area (Å²) in [6.07, 6.45) is 0.271. The molecule has 0 aliphatic heterocycles. The van der Waals surface area contributed by atoms with E-state index in [9.17, 15) is 19.2 Å². The molecule has 8 nitrogen and oxygen atoms in total. The van der Waals surface area contributed by atoms with Crippen LogP contribution in [0.1, 0.15) is 30.6 Å². The summed E-state index contributed by atoms with van der Waals surface area (Å²) in [5, 5.41) is 4.79. The molecular weight excluding hydrogens is 385 g/mol. The van der Waals surface area contributed by atoms with Gasteiger partial charge in [0.25, 0.3) is 11.8 Å². The number of esters is 1. The summed E-state index contributed by atoms with van der Waals surface area (Å²) in [5.41, 5.74) is 4.93. The highest BCUT2D eigenvalue weighted by atomic mass is 35.5. The number of benzene rings is 1. The third-order valence-corrected chi connectivity index (χ3v) is 3.63. The van der Waals surface area contributed by atoms with Crippen molar-refractivity contribution < 1.29 is 23.9 Å². The summed E-state index contributed by atoms with van der Waals surface area (Å²) in [6.45, 7) is 3.00. The Bertz CT molecular complexity index is 709. The van der Waals surface area contributed by atoms with Crippen LogP contribution in [0.25, 0.3) is 0 Å². The van der Waals surface area contributed by atoms with Crippen molar-refractivity contribution >= 4 is 47.0 Å². The van der Waals surface area contributed by atoms with Gasteiger partial charge in [0, 0.05) is 5.02 Å². The largest absolute Gasteiger partial charge is 0.454 e. The maximum absolute atomic E-state index is 12.4. The van der Waals surface area contributed by atoms with Gasteiger partial charge in [0.05, 0.1) is 10.6 Å². The van der Waals surface area contributed by atoms with E-state index in [1.807, 2.05) is 13.8 Å². The maximum atomic E-state index is 12.4. The topological polar surface area (TPSA) is 128 Å². The zero-order valence-corrected chi connectivity index (χ0v) is 15.7. The summed E-state index contributed by atoms with van der Waals surface area (Å²) < 4.78 is 4.83. The number of primary amides is 1. The molecule has 1 atom stereocenters. The van der Waals surface area contributed by atoms with Crippen LogP contribution in [0.5, 0.6) is 0 Å². The third kappa shape index (κ3) is 7.28. The van der Waals surface area contributed by atoms with Gasteiger partial charge >= 0.3 is 12.0 Å². The third-order valence-electron chi connectivity index (χ3n) is 3.08. The number of amides is 4.